The fourth-order valence-corrected chi connectivity index (χ4v) is 3.66. The van der Waals surface area contributed by atoms with Crippen molar-refractivity contribution in [2.75, 3.05) is 18.9 Å². The van der Waals surface area contributed by atoms with E-state index in [-0.39, 0.29) is 30.7 Å². The van der Waals surface area contributed by atoms with E-state index in [4.69, 9.17) is 0 Å². The zero-order chi connectivity index (χ0) is 21.5. The Labute approximate surface area is 176 Å². The number of likely N-dealkylation sites (tertiary alicyclic amines) is 1. The highest BCUT2D eigenvalue weighted by molar-refractivity contribution is 5.92. The molecule has 0 saturated carbocycles. The number of carboxylic acid groups (broad SMARTS) is 1. The highest BCUT2D eigenvalue weighted by atomic mass is 16.4. The van der Waals surface area contributed by atoms with E-state index in [0.717, 1.165) is 30.5 Å². The molecule has 1 fully saturated rings. The normalized spacial score (nSPS) is 17.3. The monoisotopic (exact) mass is 409 g/mol. The summed E-state index contributed by atoms with van der Waals surface area (Å²) in [6.45, 7) is 0.841. The van der Waals surface area contributed by atoms with Crippen molar-refractivity contribution in [3.63, 3.8) is 0 Å². The molecular formula is C23H27N3O4. The van der Waals surface area contributed by atoms with Crippen LogP contribution >= 0.6 is 0 Å². The molecule has 1 saturated heterocycles. The number of anilines is 1. The summed E-state index contributed by atoms with van der Waals surface area (Å²) >= 11 is 0. The van der Waals surface area contributed by atoms with Crippen LogP contribution < -0.4 is 10.6 Å². The summed E-state index contributed by atoms with van der Waals surface area (Å²) in [5.41, 5.74) is 2.34. The van der Waals surface area contributed by atoms with Crippen molar-refractivity contribution in [1.82, 2.24) is 10.2 Å². The second kappa shape index (κ2) is 10.0. The van der Waals surface area contributed by atoms with Crippen LogP contribution in [0.5, 0.6) is 0 Å². The first-order valence-electron chi connectivity index (χ1n) is 10.1. The van der Waals surface area contributed by atoms with Gasteiger partial charge in [-0.1, -0.05) is 42.5 Å². The molecule has 2 amide bonds. The molecule has 2 atom stereocenters. The SMILES string of the molecule is CN1CCC[C@H]1C(=O)N[C@@H](Cc1ccc(NC(=O)Cc2ccccc2)cc1)C(=O)O. The Morgan fingerprint density at radius 3 is 2.37 bits per heavy atom. The molecule has 0 bridgehead atoms. The van der Waals surface area contributed by atoms with Crippen molar-refractivity contribution in [1.29, 1.82) is 0 Å². The summed E-state index contributed by atoms with van der Waals surface area (Å²) < 4.78 is 0. The third kappa shape index (κ3) is 5.90. The highest BCUT2D eigenvalue weighted by Crippen LogP contribution is 2.16. The van der Waals surface area contributed by atoms with Gasteiger partial charge >= 0.3 is 5.97 Å². The predicted octanol–water partition coefficient (Wildman–Crippen LogP) is 2.07. The van der Waals surface area contributed by atoms with Crippen molar-refractivity contribution in [3.05, 3.63) is 65.7 Å². The van der Waals surface area contributed by atoms with Crippen LogP contribution in [0.2, 0.25) is 0 Å². The van der Waals surface area contributed by atoms with Gasteiger partial charge in [-0.25, -0.2) is 4.79 Å². The van der Waals surface area contributed by atoms with E-state index < -0.39 is 12.0 Å². The van der Waals surface area contributed by atoms with Crippen LogP contribution in [0.1, 0.15) is 24.0 Å². The standard InChI is InChI=1S/C23H27N3O4/c1-26-13-5-8-20(26)22(28)25-19(23(29)30)14-17-9-11-18(12-10-17)24-21(27)15-16-6-3-2-4-7-16/h2-4,6-7,9-12,19-20H,5,8,13-15H2,1H3,(H,24,27)(H,25,28)(H,29,30)/t19-,20-/m0/s1. The van der Waals surface area contributed by atoms with Gasteiger partial charge in [0, 0.05) is 12.1 Å². The van der Waals surface area contributed by atoms with Gasteiger partial charge in [0.15, 0.2) is 0 Å². The fraction of sp³-hybridized carbons (Fsp3) is 0.348. The van der Waals surface area contributed by atoms with Gasteiger partial charge in [-0.2, -0.15) is 0 Å². The molecular weight excluding hydrogens is 382 g/mol. The van der Waals surface area contributed by atoms with E-state index in [0.29, 0.717) is 5.69 Å². The number of nitrogens with one attached hydrogen (secondary N) is 2. The summed E-state index contributed by atoms with van der Waals surface area (Å²) in [4.78, 5) is 38.2. The number of carboxylic acids is 1. The smallest absolute Gasteiger partial charge is 0.326 e. The number of aliphatic carboxylic acids is 1. The minimum Gasteiger partial charge on any atom is -0.480 e. The Balaban J connectivity index is 1.55. The molecule has 3 rings (SSSR count). The topological polar surface area (TPSA) is 98.7 Å². The highest BCUT2D eigenvalue weighted by Gasteiger charge is 2.30. The summed E-state index contributed by atoms with van der Waals surface area (Å²) in [5.74, 6) is -1.43. The van der Waals surface area contributed by atoms with Crippen molar-refractivity contribution < 1.29 is 19.5 Å². The van der Waals surface area contributed by atoms with Gasteiger partial charge in [0.25, 0.3) is 0 Å². The first-order valence-corrected chi connectivity index (χ1v) is 10.1. The predicted molar refractivity (Wildman–Crippen MR) is 114 cm³/mol. The van der Waals surface area contributed by atoms with E-state index in [9.17, 15) is 19.5 Å². The number of likely N-dealkylation sites (N-methyl/N-ethyl adjacent to an activating group) is 1. The molecule has 2 aromatic rings. The van der Waals surface area contributed by atoms with Gasteiger partial charge in [0.1, 0.15) is 6.04 Å². The largest absolute Gasteiger partial charge is 0.480 e. The van der Waals surface area contributed by atoms with Crippen molar-refractivity contribution >= 4 is 23.5 Å². The average molecular weight is 409 g/mol. The fourth-order valence-electron chi connectivity index (χ4n) is 3.66. The Kier molecular flexibility index (Phi) is 7.19. The molecule has 1 heterocycles. The maximum Gasteiger partial charge on any atom is 0.326 e. The summed E-state index contributed by atoms with van der Waals surface area (Å²) in [7, 11) is 1.87. The lowest BCUT2D eigenvalue weighted by atomic mass is 10.0. The Morgan fingerprint density at radius 2 is 1.77 bits per heavy atom. The van der Waals surface area contributed by atoms with Crippen LogP contribution in [0.4, 0.5) is 5.69 Å². The summed E-state index contributed by atoms with van der Waals surface area (Å²) in [6, 6.07) is 15.2. The molecule has 3 N–H and O–H groups in total. The number of hydrogen-bond donors (Lipinski definition) is 3. The van der Waals surface area contributed by atoms with Crippen LogP contribution in [-0.4, -0.2) is 53.5 Å². The molecule has 7 nitrogen and oxygen atoms in total. The second-order valence-electron chi connectivity index (χ2n) is 7.65. The molecule has 158 valence electrons. The Hall–Kier alpha value is -3.19. The summed E-state index contributed by atoms with van der Waals surface area (Å²) in [6.07, 6.45) is 2.14. The van der Waals surface area contributed by atoms with E-state index in [1.165, 1.54) is 0 Å². The minimum atomic E-state index is -1.07. The first kappa shape index (κ1) is 21.5. The zero-order valence-electron chi connectivity index (χ0n) is 17.0. The zero-order valence-corrected chi connectivity index (χ0v) is 17.0. The van der Waals surface area contributed by atoms with Gasteiger partial charge in [-0.05, 0) is 49.7 Å². The summed E-state index contributed by atoms with van der Waals surface area (Å²) in [5, 5.41) is 15.0. The van der Waals surface area contributed by atoms with Crippen molar-refractivity contribution in [2.45, 2.75) is 37.8 Å². The van der Waals surface area contributed by atoms with E-state index in [1.54, 1.807) is 24.3 Å². The second-order valence-corrected chi connectivity index (χ2v) is 7.65. The molecule has 1 aliphatic heterocycles. The molecule has 0 aliphatic carbocycles. The Bertz CT molecular complexity index is 883. The number of rotatable bonds is 8. The number of carbonyl (C=O) groups is 3. The lowest BCUT2D eigenvalue weighted by Crippen LogP contribution is -2.49. The van der Waals surface area contributed by atoms with Gasteiger partial charge in [-0.3, -0.25) is 14.5 Å². The van der Waals surface area contributed by atoms with Crippen LogP contribution in [0, 0.1) is 0 Å². The third-order valence-electron chi connectivity index (χ3n) is 5.32. The quantitative estimate of drug-likeness (QED) is 0.620. The molecule has 0 unspecified atom stereocenters. The number of benzene rings is 2. The number of nitrogens with zero attached hydrogens (tertiary/aromatic N) is 1. The van der Waals surface area contributed by atoms with E-state index in [2.05, 4.69) is 10.6 Å². The van der Waals surface area contributed by atoms with Gasteiger partial charge < -0.3 is 15.7 Å². The molecule has 1 aliphatic rings. The van der Waals surface area contributed by atoms with Gasteiger partial charge in [-0.15, -0.1) is 0 Å². The van der Waals surface area contributed by atoms with Crippen LogP contribution in [0.25, 0.3) is 0 Å². The maximum absolute atomic E-state index is 12.4. The third-order valence-corrected chi connectivity index (χ3v) is 5.32. The van der Waals surface area contributed by atoms with Gasteiger partial charge in [0.05, 0.1) is 12.5 Å². The van der Waals surface area contributed by atoms with Crippen molar-refractivity contribution in [2.24, 2.45) is 0 Å². The number of hydrogen-bond acceptors (Lipinski definition) is 4. The Morgan fingerprint density at radius 1 is 1.07 bits per heavy atom. The first-order chi connectivity index (χ1) is 14.4. The molecule has 30 heavy (non-hydrogen) atoms. The molecule has 0 aromatic heterocycles. The van der Waals surface area contributed by atoms with Crippen molar-refractivity contribution in [3.8, 4) is 0 Å². The lowest BCUT2D eigenvalue weighted by Gasteiger charge is -2.22. The minimum absolute atomic E-state index is 0.120. The molecule has 7 heteroatoms. The molecule has 2 aromatic carbocycles. The number of amides is 2. The molecule has 0 spiro atoms. The van der Waals surface area contributed by atoms with E-state index in [1.807, 2.05) is 42.3 Å². The van der Waals surface area contributed by atoms with Crippen LogP contribution in [-0.2, 0) is 27.2 Å². The average Bonchev–Trinajstić information content (AvgIpc) is 3.15. The lowest BCUT2D eigenvalue weighted by molar-refractivity contribution is -0.142. The van der Waals surface area contributed by atoms with Gasteiger partial charge in [0.2, 0.25) is 11.8 Å². The van der Waals surface area contributed by atoms with E-state index >= 15 is 0 Å². The molecule has 0 radical (unpaired) electrons. The maximum atomic E-state index is 12.4. The number of carbonyl (C=O) groups excluding carboxylic acids is 2. The van der Waals surface area contributed by atoms with Crippen LogP contribution in [0.15, 0.2) is 54.6 Å². The van der Waals surface area contributed by atoms with Crippen LogP contribution in [0.3, 0.4) is 0 Å².